The molecule has 246 valence electrons. The van der Waals surface area contributed by atoms with E-state index in [4.69, 9.17) is 0 Å². The number of hydrogen-bond donors (Lipinski definition) is 0. The molecule has 0 unspecified atom stereocenters. The molecule has 1 aliphatic rings. The highest BCUT2D eigenvalue weighted by molar-refractivity contribution is 5.86. The third-order valence-corrected chi connectivity index (χ3v) is 10.1. The van der Waals surface area contributed by atoms with Crippen LogP contribution in [0.25, 0.3) is 33.4 Å². The van der Waals surface area contributed by atoms with Gasteiger partial charge in [0.25, 0.3) is 11.4 Å². The third-order valence-electron chi connectivity index (χ3n) is 10.1. The van der Waals surface area contributed by atoms with Gasteiger partial charge >= 0.3 is 0 Å². The van der Waals surface area contributed by atoms with E-state index in [2.05, 4.69) is 50.2 Å². The van der Waals surface area contributed by atoms with Gasteiger partial charge in [0.1, 0.15) is 0 Å². The van der Waals surface area contributed by atoms with Crippen LogP contribution in [0.2, 0.25) is 0 Å². The van der Waals surface area contributed by atoms with Gasteiger partial charge in [-0.3, -0.25) is 20.2 Å². The van der Waals surface area contributed by atoms with Crippen LogP contribution in [0, 0.1) is 20.2 Å². The van der Waals surface area contributed by atoms with Crippen LogP contribution >= 0.6 is 0 Å². The van der Waals surface area contributed by atoms with Crippen LogP contribution in [0.3, 0.4) is 0 Å². The summed E-state index contributed by atoms with van der Waals surface area (Å²) >= 11 is 0. The number of rotatable bonds is 18. The summed E-state index contributed by atoms with van der Waals surface area (Å²) in [6, 6.07) is 27.3. The van der Waals surface area contributed by atoms with Gasteiger partial charge in [-0.05, 0) is 93.7 Å². The molecule has 6 nitrogen and oxygen atoms in total. The first kappa shape index (κ1) is 34.0. The first-order valence-corrected chi connectivity index (χ1v) is 17.7. The summed E-state index contributed by atoms with van der Waals surface area (Å²) in [5.74, 6) is 0. The van der Waals surface area contributed by atoms with E-state index < -0.39 is 0 Å². The molecule has 0 heterocycles. The van der Waals surface area contributed by atoms with Crippen molar-refractivity contribution in [1.82, 2.24) is 0 Å². The zero-order valence-electron chi connectivity index (χ0n) is 28.0. The molecule has 0 amide bonds. The van der Waals surface area contributed by atoms with Crippen LogP contribution in [0.1, 0.15) is 115 Å². The normalized spacial score (nSPS) is 12.9. The molecule has 0 spiro atoms. The predicted octanol–water partition coefficient (Wildman–Crippen LogP) is 12.6. The molecule has 0 saturated heterocycles. The van der Waals surface area contributed by atoms with Crippen LogP contribution in [-0.2, 0) is 5.41 Å². The Kier molecular flexibility index (Phi) is 11.6. The van der Waals surface area contributed by atoms with Crippen LogP contribution < -0.4 is 0 Å². The Bertz CT molecular complexity index is 1540. The maximum absolute atomic E-state index is 11.3. The summed E-state index contributed by atoms with van der Waals surface area (Å²) in [5.41, 5.74) is 9.46. The SMILES string of the molecule is CCCCCCCCC1(CCCCCCCC)c2cc(-c3ccc([N+](=O)[O-])cc3)ccc2-c2ccc(-c3ccc([N+](=O)[O-])cc3)cc21. The van der Waals surface area contributed by atoms with Crippen molar-refractivity contribution in [2.45, 2.75) is 109 Å². The molecule has 0 aliphatic heterocycles. The molecule has 5 rings (SSSR count). The first-order chi connectivity index (χ1) is 22.9. The van der Waals surface area contributed by atoms with E-state index in [0.29, 0.717) is 0 Å². The van der Waals surface area contributed by atoms with Gasteiger partial charge in [0.2, 0.25) is 0 Å². The number of unbranched alkanes of at least 4 members (excludes halogenated alkanes) is 10. The van der Waals surface area contributed by atoms with Gasteiger partial charge in [-0.15, -0.1) is 0 Å². The summed E-state index contributed by atoms with van der Waals surface area (Å²) in [7, 11) is 0. The van der Waals surface area contributed by atoms with Crippen molar-refractivity contribution in [3.05, 3.63) is 116 Å². The lowest BCUT2D eigenvalue weighted by Crippen LogP contribution is -2.25. The summed E-state index contributed by atoms with van der Waals surface area (Å²) in [4.78, 5) is 22.0. The second-order valence-corrected chi connectivity index (χ2v) is 13.2. The smallest absolute Gasteiger partial charge is 0.258 e. The molecule has 4 aromatic rings. The topological polar surface area (TPSA) is 86.3 Å². The Morgan fingerprint density at radius 3 is 1.17 bits per heavy atom. The molecular formula is C41H48N2O4. The molecule has 0 saturated carbocycles. The Hall–Kier alpha value is -4.32. The van der Waals surface area contributed by atoms with E-state index in [1.54, 1.807) is 24.3 Å². The highest BCUT2D eigenvalue weighted by atomic mass is 16.6. The van der Waals surface area contributed by atoms with E-state index in [9.17, 15) is 20.2 Å². The van der Waals surface area contributed by atoms with Crippen molar-refractivity contribution >= 4 is 11.4 Å². The van der Waals surface area contributed by atoms with Crippen molar-refractivity contribution in [1.29, 1.82) is 0 Å². The van der Waals surface area contributed by atoms with Crippen molar-refractivity contribution in [2.24, 2.45) is 0 Å². The first-order valence-electron chi connectivity index (χ1n) is 17.7. The van der Waals surface area contributed by atoms with Crippen molar-refractivity contribution in [3.63, 3.8) is 0 Å². The van der Waals surface area contributed by atoms with E-state index in [0.717, 1.165) is 47.9 Å². The van der Waals surface area contributed by atoms with Gasteiger partial charge in [-0.1, -0.05) is 115 Å². The zero-order valence-corrected chi connectivity index (χ0v) is 28.0. The standard InChI is InChI=1S/C41H48N2O4/c1-3-5-7-9-11-13-27-41(28-14-12-10-8-6-4-2)39-29-33(31-15-21-35(22-16-31)42(44)45)19-25-37(39)38-26-20-34(30-40(38)41)32-17-23-36(24-18-32)43(46)47/h15-26,29-30H,3-14,27-28H2,1-2H3. The summed E-state index contributed by atoms with van der Waals surface area (Å²) in [6.07, 6.45) is 17.0. The van der Waals surface area contributed by atoms with E-state index in [1.807, 2.05) is 24.3 Å². The molecule has 0 radical (unpaired) electrons. The monoisotopic (exact) mass is 632 g/mol. The molecule has 6 heteroatoms. The minimum absolute atomic E-state index is 0.0987. The number of fused-ring (bicyclic) bond motifs is 3. The average molecular weight is 633 g/mol. The molecule has 0 aromatic heterocycles. The quantitative estimate of drug-likeness (QED) is 0.0620. The van der Waals surface area contributed by atoms with Crippen molar-refractivity contribution < 1.29 is 9.85 Å². The lowest BCUT2D eigenvalue weighted by atomic mass is 9.70. The van der Waals surface area contributed by atoms with E-state index in [1.165, 1.54) is 86.5 Å². The largest absolute Gasteiger partial charge is 0.269 e. The highest BCUT2D eigenvalue weighted by Gasteiger charge is 2.42. The molecular weight excluding hydrogens is 584 g/mol. The lowest BCUT2D eigenvalue weighted by molar-refractivity contribution is -0.385. The van der Waals surface area contributed by atoms with Crippen molar-refractivity contribution in [2.75, 3.05) is 0 Å². The summed E-state index contributed by atoms with van der Waals surface area (Å²) < 4.78 is 0. The van der Waals surface area contributed by atoms with Gasteiger partial charge in [-0.2, -0.15) is 0 Å². The second-order valence-electron chi connectivity index (χ2n) is 13.2. The second kappa shape index (κ2) is 16.0. The number of non-ortho nitro benzene ring substituents is 2. The zero-order chi connectivity index (χ0) is 33.2. The van der Waals surface area contributed by atoms with Crippen LogP contribution in [0.5, 0.6) is 0 Å². The molecule has 0 fully saturated rings. The third kappa shape index (κ3) is 7.81. The Labute approximate surface area is 279 Å². The molecule has 0 bridgehead atoms. The molecule has 1 aliphatic carbocycles. The maximum atomic E-state index is 11.3. The predicted molar refractivity (Wildman–Crippen MR) is 193 cm³/mol. The minimum atomic E-state index is -0.350. The van der Waals surface area contributed by atoms with Gasteiger partial charge in [0.15, 0.2) is 0 Å². The van der Waals surface area contributed by atoms with Gasteiger partial charge in [0.05, 0.1) is 9.85 Å². The summed E-state index contributed by atoms with van der Waals surface area (Å²) in [6.45, 7) is 4.51. The molecule has 47 heavy (non-hydrogen) atoms. The fourth-order valence-electron chi connectivity index (χ4n) is 7.48. The molecule has 4 aromatic carbocycles. The Morgan fingerprint density at radius 1 is 0.468 bits per heavy atom. The maximum Gasteiger partial charge on any atom is 0.269 e. The number of nitro benzene ring substituents is 2. The summed E-state index contributed by atoms with van der Waals surface area (Å²) in [5, 5.41) is 22.7. The molecule has 0 atom stereocenters. The van der Waals surface area contributed by atoms with Crippen LogP contribution in [0.4, 0.5) is 11.4 Å². The van der Waals surface area contributed by atoms with Gasteiger partial charge in [0, 0.05) is 29.7 Å². The van der Waals surface area contributed by atoms with Gasteiger partial charge in [-0.25, -0.2) is 0 Å². The number of hydrogen-bond acceptors (Lipinski definition) is 4. The highest BCUT2D eigenvalue weighted by Crippen LogP contribution is 2.55. The Balaban J connectivity index is 1.58. The average Bonchev–Trinajstić information content (AvgIpc) is 3.36. The van der Waals surface area contributed by atoms with Gasteiger partial charge < -0.3 is 0 Å². The van der Waals surface area contributed by atoms with E-state index >= 15 is 0 Å². The lowest BCUT2D eigenvalue weighted by Gasteiger charge is -2.33. The fourth-order valence-corrected chi connectivity index (χ4v) is 7.48. The molecule has 0 N–H and O–H groups in total. The van der Waals surface area contributed by atoms with Crippen molar-refractivity contribution in [3.8, 4) is 33.4 Å². The number of nitro groups is 2. The minimum Gasteiger partial charge on any atom is -0.258 e. The van der Waals surface area contributed by atoms with Crippen LogP contribution in [-0.4, -0.2) is 9.85 Å². The Morgan fingerprint density at radius 2 is 0.809 bits per heavy atom. The number of benzene rings is 4. The number of nitrogens with zero attached hydrogens (tertiary/aromatic N) is 2. The van der Waals surface area contributed by atoms with Crippen LogP contribution in [0.15, 0.2) is 84.9 Å². The fraction of sp³-hybridized carbons (Fsp3) is 0.415. The van der Waals surface area contributed by atoms with E-state index in [-0.39, 0.29) is 26.6 Å².